The number of benzene rings is 3. The van der Waals surface area contributed by atoms with Crippen LogP contribution in [-0.2, 0) is 0 Å². The summed E-state index contributed by atoms with van der Waals surface area (Å²) in [7, 11) is 0. The molecular weight excluding hydrogens is 411 g/mol. The average molecular weight is 433 g/mol. The van der Waals surface area contributed by atoms with E-state index in [0.717, 1.165) is 17.3 Å². The van der Waals surface area contributed by atoms with Gasteiger partial charge in [0.05, 0.1) is 22.3 Å². The minimum atomic E-state index is -0.529. The first-order chi connectivity index (χ1) is 15.0. The number of hydrogen-bond acceptors (Lipinski definition) is 4. The van der Waals surface area contributed by atoms with Crippen LogP contribution >= 0.6 is 11.8 Å². The number of Topliss-reactive ketones (excluding diaryl/α,β-unsaturated/α-hetero) is 1. The Hall–Kier alpha value is -3.25. The number of thioether (sulfide) groups is 1. The van der Waals surface area contributed by atoms with Crippen LogP contribution in [0.25, 0.3) is 16.6 Å². The summed E-state index contributed by atoms with van der Waals surface area (Å²) >= 11 is 1.13. The van der Waals surface area contributed by atoms with E-state index >= 15 is 0 Å². The lowest BCUT2D eigenvalue weighted by molar-refractivity contribution is 0.102. The molecule has 4 aromatic rings. The van der Waals surface area contributed by atoms with Gasteiger partial charge in [0, 0.05) is 5.56 Å². The van der Waals surface area contributed by atoms with E-state index in [0.29, 0.717) is 22.4 Å². The topological polar surface area (TPSA) is 52.0 Å². The van der Waals surface area contributed by atoms with Crippen LogP contribution in [0.4, 0.5) is 4.39 Å². The molecule has 0 fully saturated rings. The number of aromatic nitrogens is 2. The monoisotopic (exact) mass is 432 g/mol. The molecule has 4 rings (SSSR count). The van der Waals surface area contributed by atoms with Crippen molar-refractivity contribution < 1.29 is 9.18 Å². The first-order valence-corrected chi connectivity index (χ1v) is 11.0. The Labute approximate surface area is 183 Å². The molecule has 4 nitrogen and oxygen atoms in total. The Kier molecular flexibility index (Phi) is 6.00. The van der Waals surface area contributed by atoms with Crippen LogP contribution in [0.15, 0.2) is 82.7 Å². The Morgan fingerprint density at radius 2 is 1.68 bits per heavy atom. The summed E-state index contributed by atoms with van der Waals surface area (Å²) in [4.78, 5) is 30.5. The summed E-state index contributed by atoms with van der Waals surface area (Å²) in [6.45, 7) is 4.19. The first kappa shape index (κ1) is 21.0. The van der Waals surface area contributed by atoms with Crippen molar-refractivity contribution in [3.63, 3.8) is 0 Å². The molecule has 6 heteroatoms. The lowest BCUT2D eigenvalue weighted by atomic mass is 10.0. The fourth-order valence-corrected chi connectivity index (χ4v) is 4.22. The summed E-state index contributed by atoms with van der Waals surface area (Å²) in [5, 5.41) is 0.673. The highest BCUT2D eigenvalue weighted by Crippen LogP contribution is 2.24. The van der Waals surface area contributed by atoms with E-state index in [9.17, 15) is 14.0 Å². The SMILES string of the molecule is CC(C)c1ccc(C(=O)CSc2nc3ccccc3c(=O)n2-c2ccccc2F)cc1. The Bertz CT molecular complexity index is 1310. The molecule has 0 atom stereocenters. The molecule has 1 aromatic heterocycles. The molecule has 0 aliphatic heterocycles. The van der Waals surface area contributed by atoms with Gasteiger partial charge in [0.25, 0.3) is 5.56 Å². The van der Waals surface area contributed by atoms with Crippen LogP contribution in [0.2, 0.25) is 0 Å². The lowest BCUT2D eigenvalue weighted by Gasteiger charge is -2.13. The zero-order valence-electron chi connectivity index (χ0n) is 17.2. The molecular formula is C25H21FN2O2S. The Morgan fingerprint density at radius 3 is 2.39 bits per heavy atom. The molecule has 0 unspecified atom stereocenters. The summed E-state index contributed by atoms with van der Waals surface area (Å²) in [5.41, 5.74) is 2.01. The maximum Gasteiger partial charge on any atom is 0.266 e. The second-order valence-electron chi connectivity index (χ2n) is 7.49. The quantitative estimate of drug-likeness (QED) is 0.225. The molecule has 156 valence electrons. The average Bonchev–Trinajstić information content (AvgIpc) is 2.78. The second-order valence-corrected chi connectivity index (χ2v) is 8.43. The predicted molar refractivity (Wildman–Crippen MR) is 123 cm³/mol. The van der Waals surface area contributed by atoms with Crippen molar-refractivity contribution in [1.29, 1.82) is 0 Å². The molecule has 0 aliphatic rings. The number of nitrogens with zero attached hydrogens (tertiary/aromatic N) is 2. The third kappa shape index (κ3) is 4.30. The molecule has 0 saturated carbocycles. The van der Waals surface area contributed by atoms with E-state index in [1.807, 2.05) is 24.3 Å². The van der Waals surface area contributed by atoms with E-state index in [2.05, 4.69) is 18.8 Å². The van der Waals surface area contributed by atoms with Gasteiger partial charge in [0.1, 0.15) is 5.82 Å². The zero-order valence-corrected chi connectivity index (χ0v) is 18.0. The molecule has 0 radical (unpaired) electrons. The van der Waals surface area contributed by atoms with Gasteiger partial charge in [-0.1, -0.05) is 74.1 Å². The largest absolute Gasteiger partial charge is 0.293 e. The number of ketones is 1. The van der Waals surface area contributed by atoms with Crippen LogP contribution in [0.3, 0.4) is 0 Å². The van der Waals surface area contributed by atoms with Crippen molar-refractivity contribution in [1.82, 2.24) is 9.55 Å². The fraction of sp³-hybridized carbons (Fsp3) is 0.160. The number of halogens is 1. The molecule has 31 heavy (non-hydrogen) atoms. The van der Waals surface area contributed by atoms with E-state index in [1.165, 1.54) is 16.7 Å². The van der Waals surface area contributed by atoms with Crippen molar-refractivity contribution in [3.05, 3.63) is 100 Å². The predicted octanol–water partition coefficient (Wildman–Crippen LogP) is 5.62. The molecule has 0 saturated heterocycles. The Morgan fingerprint density at radius 1 is 1.00 bits per heavy atom. The minimum absolute atomic E-state index is 0.0807. The van der Waals surface area contributed by atoms with Crippen molar-refractivity contribution in [2.24, 2.45) is 0 Å². The van der Waals surface area contributed by atoms with Gasteiger partial charge in [0.2, 0.25) is 0 Å². The van der Waals surface area contributed by atoms with Crippen molar-refractivity contribution in [2.45, 2.75) is 24.9 Å². The van der Waals surface area contributed by atoms with Gasteiger partial charge in [-0.05, 0) is 35.7 Å². The fourth-order valence-electron chi connectivity index (χ4n) is 3.32. The minimum Gasteiger partial charge on any atom is -0.293 e. The van der Waals surface area contributed by atoms with Crippen LogP contribution < -0.4 is 5.56 Å². The van der Waals surface area contributed by atoms with Crippen LogP contribution in [0.1, 0.15) is 35.7 Å². The van der Waals surface area contributed by atoms with Gasteiger partial charge < -0.3 is 0 Å². The number of fused-ring (bicyclic) bond motifs is 1. The summed E-state index contributed by atoms with van der Waals surface area (Å²) in [6.07, 6.45) is 0. The molecule has 3 aromatic carbocycles. The summed E-state index contributed by atoms with van der Waals surface area (Å²) < 4.78 is 15.8. The smallest absolute Gasteiger partial charge is 0.266 e. The number of carbonyl (C=O) groups excluding carboxylic acids is 1. The van der Waals surface area contributed by atoms with Gasteiger partial charge in [-0.2, -0.15) is 0 Å². The van der Waals surface area contributed by atoms with E-state index in [1.54, 1.807) is 36.4 Å². The van der Waals surface area contributed by atoms with Crippen LogP contribution in [0, 0.1) is 5.82 Å². The van der Waals surface area contributed by atoms with Gasteiger partial charge in [-0.15, -0.1) is 0 Å². The van der Waals surface area contributed by atoms with Crippen molar-refractivity contribution in [3.8, 4) is 5.69 Å². The van der Waals surface area contributed by atoms with E-state index in [4.69, 9.17) is 0 Å². The lowest BCUT2D eigenvalue weighted by Crippen LogP contribution is -2.23. The van der Waals surface area contributed by atoms with Crippen LogP contribution in [0.5, 0.6) is 0 Å². The van der Waals surface area contributed by atoms with Crippen LogP contribution in [-0.4, -0.2) is 21.1 Å². The Balaban J connectivity index is 1.71. The molecule has 0 aliphatic carbocycles. The van der Waals surface area contributed by atoms with Gasteiger partial charge >= 0.3 is 0 Å². The highest BCUT2D eigenvalue weighted by Gasteiger charge is 2.17. The maximum atomic E-state index is 14.5. The third-order valence-electron chi connectivity index (χ3n) is 5.07. The van der Waals surface area contributed by atoms with Gasteiger partial charge in [-0.3, -0.25) is 14.2 Å². The molecule has 0 spiro atoms. The van der Waals surface area contributed by atoms with Gasteiger partial charge in [0.15, 0.2) is 10.9 Å². The number of carbonyl (C=O) groups is 1. The standard InChI is InChI=1S/C25H21FN2O2S/c1-16(2)17-11-13-18(14-12-17)23(29)15-31-25-27-21-9-5-3-7-19(21)24(30)28(25)22-10-6-4-8-20(22)26/h3-14,16H,15H2,1-2H3. The second kappa shape index (κ2) is 8.86. The van der Waals surface area contributed by atoms with Gasteiger partial charge in [-0.25, -0.2) is 9.37 Å². The molecule has 0 amide bonds. The zero-order chi connectivity index (χ0) is 22.0. The summed E-state index contributed by atoms with van der Waals surface area (Å²) in [6, 6.07) is 20.5. The van der Waals surface area contributed by atoms with Crippen molar-refractivity contribution >= 4 is 28.4 Å². The molecule has 0 N–H and O–H groups in total. The summed E-state index contributed by atoms with van der Waals surface area (Å²) in [5.74, 6) is -0.141. The number of hydrogen-bond donors (Lipinski definition) is 0. The number of rotatable bonds is 6. The van der Waals surface area contributed by atoms with E-state index < -0.39 is 5.82 Å². The third-order valence-corrected chi connectivity index (χ3v) is 6.01. The van der Waals surface area contributed by atoms with Crippen molar-refractivity contribution in [2.75, 3.05) is 5.75 Å². The highest BCUT2D eigenvalue weighted by molar-refractivity contribution is 7.99. The normalized spacial score (nSPS) is 11.2. The highest BCUT2D eigenvalue weighted by atomic mass is 32.2. The first-order valence-electron chi connectivity index (χ1n) is 9.98. The maximum absolute atomic E-state index is 14.5. The molecule has 1 heterocycles. The number of para-hydroxylation sites is 2. The van der Waals surface area contributed by atoms with E-state index in [-0.39, 0.29) is 27.9 Å². The molecule has 0 bridgehead atoms.